The van der Waals surface area contributed by atoms with E-state index in [0.29, 0.717) is 11.5 Å². The highest BCUT2D eigenvalue weighted by atomic mass is 15.1. The number of hydrogen-bond acceptors (Lipinski definition) is 2. The van der Waals surface area contributed by atoms with Crippen LogP contribution in [0.5, 0.6) is 0 Å². The maximum atomic E-state index is 3.71. The van der Waals surface area contributed by atoms with Crippen molar-refractivity contribution in [3.8, 4) is 0 Å². The summed E-state index contributed by atoms with van der Waals surface area (Å²) in [5.74, 6) is 0.909. The number of likely N-dealkylation sites (tertiary alicyclic amines) is 1. The van der Waals surface area contributed by atoms with E-state index >= 15 is 0 Å². The summed E-state index contributed by atoms with van der Waals surface area (Å²) in [6.07, 6.45) is 5.66. The molecule has 2 rings (SSSR count). The number of piperidine rings is 1. The Balaban J connectivity index is 1.60. The molecule has 0 aromatic rings. The lowest BCUT2D eigenvalue weighted by Gasteiger charge is -2.31. The van der Waals surface area contributed by atoms with Crippen LogP contribution in [0, 0.1) is 11.3 Å². The second-order valence-corrected chi connectivity index (χ2v) is 6.38. The van der Waals surface area contributed by atoms with Gasteiger partial charge in [-0.2, -0.15) is 0 Å². The SMILES string of the molecule is CC1CCCN(CCNC(C)C2(C)CC2)C1. The van der Waals surface area contributed by atoms with Crippen molar-refractivity contribution in [3.05, 3.63) is 0 Å². The number of hydrogen-bond donors (Lipinski definition) is 1. The van der Waals surface area contributed by atoms with Gasteiger partial charge in [0.25, 0.3) is 0 Å². The summed E-state index contributed by atoms with van der Waals surface area (Å²) in [4.78, 5) is 2.63. The maximum Gasteiger partial charge on any atom is 0.0107 e. The molecule has 0 spiro atoms. The molecule has 1 N–H and O–H groups in total. The Morgan fingerprint density at radius 3 is 2.81 bits per heavy atom. The van der Waals surface area contributed by atoms with Gasteiger partial charge in [0.05, 0.1) is 0 Å². The molecule has 0 aromatic carbocycles. The van der Waals surface area contributed by atoms with Crippen LogP contribution in [0.15, 0.2) is 0 Å². The zero-order valence-electron chi connectivity index (χ0n) is 11.3. The minimum atomic E-state index is 0.620. The molecule has 2 fully saturated rings. The molecule has 1 aliphatic heterocycles. The molecule has 94 valence electrons. The van der Waals surface area contributed by atoms with Crippen molar-refractivity contribution in [2.45, 2.75) is 52.5 Å². The second-order valence-electron chi connectivity index (χ2n) is 6.38. The van der Waals surface area contributed by atoms with Crippen molar-refractivity contribution < 1.29 is 0 Å². The summed E-state index contributed by atoms with van der Waals surface area (Å²) in [5, 5.41) is 3.71. The lowest BCUT2D eigenvalue weighted by atomic mass is 10.00. The Morgan fingerprint density at radius 2 is 2.19 bits per heavy atom. The molecule has 1 saturated carbocycles. The Labute approximate surface area is 101 Å². The largest absolute Gasteiger partial charge is 0.312 e. The van der Waals surface area contributed by atoms with Gasteiger partial charge in [-0.05, 0) is 50.5 Å². The summed E-state index contributed by atoms with van der Waals surface area (Å²) in [6, 6.07) is 0.703. The van der Waals surface area contributed by atoms with Crippen molar-refractivity contribution in [2.24, 2.45) is 11.3 Å². The van der Waals surface area contributed by atoms with Gasteiger partial charge < -0.3 is 10.2 Å². The molecule has 2 aliphatic rings. The fourth-order valence-corrected chi connectivity index (χ4v) is 2.81. The predicted molar refractivity (Wildman–Crippen MR) is 69.6 cm³/mol. The summed E-state index contributed by atoms with van der Waals surface area (Å²) in [6.45, 7) is 12.2. The van der Waals surface area contributed by atoms with Crippen LogP contribution in [0.4, 0.5) is 0 Å². The van der Waals surface area contributed by atoms with E-state index in [1.54, 1.807) is 0 Å². The van der Waals surface area contributed by atoms with E-state index in [1.165, 1.54) is 51.9 Å². The first kappa shape index (κ1) is 12.4. The third-order valence-electron chi connectivity index (χ3n) is 4.70. The van der Waals surface area contributed by atoms with Gasteiger partial charge in [-0.3, -0.25) is 0 Å². The first-order valence-corrected chi connectivity index (χ1v) is 7.06. The first-order chi connectivity index (χ1) is 7.60. The lowest BCUT2D eigenvalue weighted by Crippen LogP contribution is -2.42. The predicted octanol–water partition coefficient (Wildman–Crippen LogP) is 2.50. The van der Waals surface area contributed by atoms with Crippen LogP contribution in [-0.2, 0) is 0 Å². The number of nitrogens with one attached hydrogen (secondary N) is 1. The minimum Gasteiger partial charge on any atom is -0.312 e. The molecule has 2 unspecified atom stereocenters. The second kappa shape index (κ2) is 5.05. The van der Waals surface area contributed by atoms with Gasteiger partial charge >= 0.3 is 0 Å². The van der Waals surface area contributed by atoms with Crippen molar-refractivity contribution in [1.82, 2.24) is 10.2 Å². The van der Waals surface area contributed by atoms with Gasteiger partial charge in [-0.25, -0.2) is 0 Å². The molecule has 0 amide bonds. The summed E-state index contributed by atoms with van der Waals surface area (Å²) >= 11 is 0. The van der Waals surface area contributed by atoms with Gasteiger partial charge in [-0.1, -0.05) is 13.8 Å². The van der Waals surface area contributed by atoms with Crippen molar-refractivity contribution >= 4 is 0 Å². The summed E-state index contributed by atoms with van der Waals surface area (Å²) in [7, 11) is 0. The maximum absolute atomic E-state index is 3.71. The van der Waals surface area contributed by atoms with Crippen molar-refractivity contribution in [1.29, 1.82) is 0 Å². The molecule has 0 bridgehead atoms. The summed E-state index contributed by atoms with van der Waals surface area (Å²) < 4.78 is 0. The Morgan fingerprint density at radius 1 is 1.44 bits per heavy atom. The smallest absolute Gasteiger partial charge is 0.0107 e. The van der Waals surface area contributed by atoms with Gasteiger partial charge in [-0.15, -0.1) is 0 Å². The third kappa shape index (κ3) is 3.21. The summed E-state index contributed by atoms with van der Waals surface area (Å²) in [5.41, 5.74) is 0.620. The van der Waals surface area contributed by atoms with E-state index in [1.807, 2.05) is 0 Å². The van der Waals surface area contributed by atoms with Crippen LogP contribution in [0.2, 0.25) is 0 Å². The highest BCUT2D eigenvalue weighted by Gasteiger charge is 2.42. The van der Waals surface area contributed by atoms with Crippen molar-refractivity contribution in [3.63, 3.8) is 0 Å². The average Bonchev–Trinajstić information content (AvgIpc) is 2.98. The van der Waals surface area contributed by atoms with Crippen LogP contribution < -0.4 is 5.32 Å². The van der Waals surface area contributed by atoms with Gasteiger partial charge in [0.1, 0.15) is 0 Å². The van der Waals surface area contributed by atoms with Crippen LogP contribution >= 0.6 is 0 Å². The molecule has 1 saturated heterocycles. The van der Waals surface area contributed by atoms with Crippen molar-refractivity contribution in [2.75, 3.05) is 26.2 Å². The van der Waals surface area contributed by atoms with E-state index in [-0.39, 0.29) is 0 Å². The average molecular weight is 224 g/mol. The monoisotopic (exact) mass is 224 g/mol. The van der Waals surface area contributed by atoms with Crippen LogP contribution in [0.3, 0.4) is 0 Å². The number of nitrogens with zero attached hydrogens (tertiary/aromatic N) is 1. The quantitative estimate of drug-likeness (QED) is 0.772. The van der Waals surface area contributed by atoms with Crippen LogP contribution in [-0.4, -0.2) is 37.1 Å². The standard InChI is InChI=1S/C14H28N2/c1-12-5-4-9-16(11-12)10-8-15-13(2)14(3)6-7-14/h12-13,15H,4-11H2,1-3H3. The van der Waals surface area contributed by atoms with Crippen LogP contribution in [0.25, 0.3) is 0 Å². The van der Waals surface area contributed by atoms with Gasteiger partial charge in [0, 0.05) is 25.7 Å². The van der Waals surface area contributed by atoms with Gasteiger partial charge in [0.2, 0.25) is 0 Å². The normalized spacial score (nSPS) is 31.3. The highest BCUT2D eigenvalue weighted by Crippen LogP contribution is 2.47. The Kier molecular flexibility index (Phi) is 3.91. The van der Waals surface area contributed by atoms with E-state index < -0.39 is 0 Å². The fourth-order valence-electron chi connectivity index (χ4n) is 2.81. The van der Waals surface area contributed by atoms with E-state index in [9.17, 15) is 0 Å². The van der Waals surface area contributed by atoms with Crippen LogP contribution in [0.1, 0.15) is 46.5 Å². The molecule has 2 atom stereocenters. The first-order valence-electron chi connectivity index (χ1n) is 7.06. The molecule has 16 heavy (non-hydrogen) atoms. The third-order valence-corrected chi connectivity index (χ3v) is 4.70. The molecule has 1 heterocycles. The molecule has 2 heteroatoms. The topological polar surface area (TPSA) is 15.3 Å². The Hall–Kier alpha value is -0.0800. The highest BCUT2D eigenvalue weighted by molar-refractivity contribution is 4.96. The molecule has 0 radical (unpaired) electrons. The lowest BCUT2D eigenvalue weighted by molar-refractivity contribution is 0.181. The van der Waals surface area contributed by atoms with E-state index in [0.717, 1.165) is 5.92 Å². The van der Waals surface area contributed by atoms with E-state index in [4.69, 9.17) is 0 Å². The Bertz CT molecular complexity index is 223. The fraction of sp³-hybridized carbons (Fsp3) is 1.00. The zero-order valence-corrected chi connectivity index (χ0v) is 11.3. The molecule has 1 aliphatic carbocycles. The molecular weight excluding hydrogens is 196 g/mol. The zero-order chi connectivity index (χ0) is 11.6. The minimum absolute atomic E-state index is 0.620. The molecule has 0 aromatic heterocycles. The number of rotatable bonds is 5. The molecule has 2 nitrogen and oxygen atoms in total. The van der Waals surface area contributed by atoms with Gasteiger partial charge in [0.15, 0.2) is 0 Å². The molecular formula is C14H28N2. The van der Waals surface area contributed by atoms with E-state index in [2.05, 4.69) is 31.0 Å².